The Labute approximate surface area is 145 Å². The molecule has 1 aromatic carbocycles. The van der Waals surface area contributed by atoms with Crippen LogP contribution in [0.1, 0.15) is 12.0 Å². The van der Waals surface area contributed by atoms with E-state index in [2.05, 4.69) is 10.1 Å². The summed E-state index contributed by atoms with van der Waals surface area (Å²) in [6, 6.07) is 5.64. The van der Waals surface area contributed by atoms with Crippen LogP contribution in [0.4, 0.5) is 4.39 Å². The lowest BCUT2D eigenvalue weighted by Gasteiger charge is -2.35. The maximum absolute atomic E-state index is 13.9. The lowest BCUT2D eigenvalue weighted by Crippen LogP contribution is -2.56. The SMILES string of the molecule is COC(=O)CN(C)C(=O)C[C@H]1C(=O)NCCN1Cc1ccccc1F. The molecular weight excluding hydrogens is 329 g/mol. The molecule has 7 nitrogen and oxygen atoms in total. The predicted octanol–water partition coefficient (Wildman–Crippen LogP) is 0.148. The Morgan fingerprint density at radius 2 is 2.12 bits per heavy atom. The number of methoxy groups -OCH3 is 1. The number of hydrogen-bond acceptors (Lipinski definition) is 5. The van der Waals surface area contributed by atoms with E-state index in [9.17, 15) is 18.8 Å². The highest BCUT2D eigenvalue weighted by Crippen LogP contribution is 2.16. The molecule has 0 aliphatic carbocycles. The second-order valence-corrected chi connectivity index (χ2v) is 5.90. The maximum Gasteiger partial charge on any atom is 0.325 e. The first-order valence-electron chi connectivity index (χ1n) is 7.98. The second kappa shape index (κ2) is 8.57. The molecule has 0 aromatic heterocycles. The van der Waals surface area contributed by atoms with Crippen molar-refractivity contribution in [3.63, 3.8) is 0 Å². The molecule has 0 bridgehead atoms. The number of nitrogens with zero attached hydrogens (tertiary/aromatic N) is 2. The molecular formula is C17H22FN3O4. The molecule has 2 amide bonds. The maximum atomic E-state index is 13.9. The smallest absolute Gasteiger partial charge is 0.325 e. The van der Waals surface area contributed by atoms with E-state index in [1.807, 2.05) is 0 Å². The summed E-state index contributed by atoms with van der Waals surface area (Å²) < 4.78 is 18.4. The Balaban J connectivity index is 2.06. The number of piperazine rings is 1. The van der Waals surface area contributed by atoms with E-state index in [4.69, 9.17) is 0 Å². The molecule has 1 atom stereocenters. The van der Waals surface area contributed by atoms with Crippen LogP contribution in [0.3, 0.4) is 0 Å². The van der Waals surface area contributed by atoms with Gasteiger partial charge >= 0.3 is 5.97 Å². The van der Waals surface area contributed by atoms with Gasteiger partial charge in [0.05, 0.1) is 19.6 Å². The van der Waals surface area contributed by atoms with Crippen LogP contribution in [0, 0.1) is 5.82 Å². The average Bonchev–Trinajstić information content (AvgIpc) is 2.59. The first-order chi connectivity index (χ1) is 11.9. The first-order valence-corrected chi connectivity index (χ1v) is 7.98. The van der Waals surface area contributed by atoms with E-state index in [1.54, 1.807) is 23.1 Å². The molecule has 1 aliphatic heterocycles. The number of carbonyl (C=O) groups excluding carboxylic acids is 3. The number of halogens is 1. The van der Waals surface area contributed by atoms with Gasteiger partial charge in [0, 0.05) is 32.2 Å². The lowest BCUT2D eigenvalue weighted by molar-refractivity contribution is -0.147. The zero-order valence-electron chi connectivity index (χ0n) is 14.3. The molecule has 1 heterocycles. The Hall–Kier alpha value is -2.48. The summed E-state index contributed by atoms with van der Waals surface area (Å²) >= 11 is 0. The van der Waals surface area contributed by atoms with Crippen LogP contribution < -0.4 is 5.32 Å². The number of likely N-dealkylation sites (N-methyl/N-ethyl adjacent to an activating group) is 1. The molecule has 1 N–H and O–H groups in total. The summed E-state index contributed by atoms with van der Waals surface area (Å²) in [6.07, 6.45) is -0.0895. The first kappa shape index (κ1) is 18.9. The van der Waals surface area contributed by atoms with E-state index >= 15 is 0 Å². The van der Waals surface area contributed by atoms with Gasteiger partial charge in [-0.2, -0.15) is 0 Å². The second-order valence-electron chi connectivity index (χ2n) is 5.90. The summed E-state index contributed by atoms with van der Waals surface area (Å²) in [6.45, 7) is 1.00. The van der Waals surface area contributed by atoms with Crippen LogP contribution in [0.5, 0.6) is 0 Å². The molecule has 8 heteroatoms. The highest BCUT2D eigenvalue weighted by Gasteiger charge is 2.33. The van der Waals surface area contributed by atoms with E-state index in [0.717, 1.165) is 0 Å². The van der Waals surface area contributed by atoms with Crippen LogP contribution in [-0.2, 0) is 25.7 Å². The van der Waals surface area contributed by atoms with Crippen molar-refractivity contribution >= 4 is 17.8 Å². The van der Waals surface area contributed by atoms with Crippen molar-refractivity contribution in [3.8, 4) is 0 Å². The molecule has 0 spiro atoms. The van der Waals surface area contributed by atoms with Gasteiger partial charge in [0.15, 0.2) is 0 Å². The van der Waals surface area contributed by atoms with Crippen molar-refractivity contribution in [3.05, 3.63) is 35.6 Å². The third-order valence-electron chi connectivity index (χ3n) is 4.16. The zero-order chi connectivity index (χ0) is 18.4. The van der Waals surface area contributed by atoms with Gasteiger partial charge in [-0.1, -0.05) is 18.2 Å². The fourth-order valence-electron chi connectivity index (χ4n) is 2.69. The van der Waals surface area contributed by atoms with Crippen molar-refractivity contribution in [2.24, 2.45) is 0 Å². The summed E-state index contributed by atoms with van der Waals surface area (Å²) in [5.74, 6) is -1.51. The molecule has 1 fully saturated rings. The predicted molar refractivity (Wildman–Crippen MR) is 87.9 cm³/mol. The molecule has 25 heavy (non-hydrogen) atoms. The number of carbonyl (C=O) groups is 3. The number of amides is 2. The highest BCUT2D eigenvalue weighted by molar-refractivity contribution is 5.90. The van der Waals surface area contributed by atoms with Crippen LogP contribution in [0.25, 0.3) is 0 Å². The number of ether oxygens (including phenoxy) is 1. The standard InChI is InChI=1S/C17H22FN3O4/c1-20(11-16(23)25-2)15(22)9-14-17(24)19-7-8-21(14)10-12-5-3-4-6-13(12)18/h3-6,14H,7-11H2,1-2H3,(H,19,24)/t14-/m0/s1. The molecule has 2 rings (SSSR count). The van der Waals surface area contributed by atoms with Crippen LogP contribution in [-0.4, -0.2) is 67.4 Å². The normalized spacial score (nSPS) is 17.7. The quantitative estimate of drug-likeness (QED) is 0.738. The van der Waals surface area contributed by atoms with Crippen LogP contribution >= 0.6 is 0 Å². The van der Waals surface area contributed by atoms with E-state index < -0.39 is 12.0 Å². The number of nitrogens with one attached hydrogen (secondary N) is 1. The number of hydrogen-bond donors (Lipinski definition) is 1. The Kier molecular flexibility index (Phi) is 6.46. The van der Waals surface area contributed by atoms with Crippen molar-refractivity contribution < 1.29 is 23.5 Å². The molecule has 1 aliphatic rings. The van der Waals surface area contributed by atoms with Gasteiger partial charge in [0.1, 0.15) is 12.4 Å². The van der Waals surface area contributed by atoms with Gasteiger partial charge in [-0.05, 0) is 6.07 Å². The van der Waals surface area contributed by atoms with Gasteiger partial charge in [-0.15, -0.1) is 0 Å². The van der Waals surface area contributed by atoms with Gasteiger partial charge in [0.25, 0.3) is 0 Å². The molecule has 0 saturated carbocycles. The fourth-order valence-corrected chi connectivity index (χ4v) is 2.69. The topological polar surface area (TPSA) is 78.9 Å². The average molecular weight is 351 g/mol. The van der Waals surface area contributed by atoms with Gasteiger partial charge < -0.3 is 15.0 Å². The van der Waals surface area contributed by atoms with E-state index in [0.29, 0.717) is 18.7 Å². The highest BCUT2D eigenvalue weighted by atomic mass is 19.1. The van der Waals surface area contributed by atoms with Gasteiger partial charge in [-0.25, -0.2) is 4.39 Å². The molecule has 0 unspecified atom stereocenters. The Bertz CT molecular complexity index is 653. The summed E-state index contributed by atoms with van der Waals surface area (Å²) in [4.78, 5) is 38.8. The van der Waals surface area contributed by atoms with Gasteiger partial charge in [0.2, 0.25) is 11.8 Å². The minimum atomic E-state index is -0.707. The van der Waals surface area contributed by atoms with Crippen LogP contribution in [0.15, 0.2) is 24.3 Å². The number of esters is 1. The van der Waals surface area contributed by atoms with Crippen molar-refractivity contribution in [1.29, 1.82) is 0 Å². The van der Waals surface area contributed by atoms with Crippen molar-refractivity contribution in [2.75, 3.05) is 33.8 Å². The third kappa shape index (κ3) is 4.99. The van der Waals surface area contributed by atoms with Crippen molar-refractivity contribution in [1.82, 2.24) is 15.1 Å². The summed E-state index contributed by atoms with van der Waals surface area (Å²) in [5, 5.41) is 2.72. The molecule has 1 aromatic rings. The third-order valence-corrected chi connectivity index (χ3v) is 4.16. The van der Waals surface area contributed by atoms with Gasteiger partial charge in [-0.3, -0.25) is 19.3 Å². The minimum Gasteiger partial charge on any atom is -0.468 e. The van der Waals surface area contributed by atoms with Crippen molar-refractivity contribution in [2.45, 2.75) is 19.0 Å². The molecule has 0 radical (unpaired) electrons. The Morgan fingerprint density at radius 3 is 2.80 bits per heavy atom. The fraction of sp³-hybridized carbons (Fsp3) is 0.471. The summed E-state index contributed by atoms with van der Waals surface area (Å²) in [5.41, 5.74) is 0.470. The zero-order valence-corrected chi connectivity index (χ0v) is 14.3. The molecule has 136 valence electrons. The summed E-state index contributed by atoms with van der Waals surface area (Å²) in [7, 11) is 2.71. The minimum absolute atomic E-state index is 0.0895. The molecule has 1 saturated heterocycles. The number of rotatable bonds is 6. The van der Waals surface area contributed by atoms with E-state index in [1.165, 1.54) is 25.1 Å². The number of benzene rings is 1. The monoisotopic (exact) mass is 351 g/mol. The van der Waals surface area contributed by atoms with Crippen LogP contribution in [0.2, 0.25) is 0 Å². The van der Waals surface area contributed by atoms with E-state index in [-0.39, 0.29) is 37.1 Å². The Morgan fingerprint density at radius 1 is 1.40 bits per heavy atom. The lowest BCUT2D eigenvalue weighted by atomic mass is 10.1. The largest absolute Gasteiger partial charge is 0.468 e.